The van der Waals surface area contributed by atoms with Crippen LogP contribution in [0.25, 0.3) is 0 Å². The van der Waals surface area contributed by atoms with Gasteiger partial charge in [-0.15, -0.1) is 0 Å². The number of hydrogen-bond acceptors (Lipinski definition) is 4. The van der Waals surface area contributed by atoms with Crippen molar-refractivity contribution in [3.63, 3.8) is 0 Å². The summed E-state index contributed by atoms with van der Waals surface area (Å²) >= 11 is 0. The summed E-state index contributed by atoms with van der Waals surface area (Å²) in [5.41, 5.74) is 1.45. The topological polar surface area (TPSA) is 67.9 Å². The second kappa shape index (κ2) is 8.05. The van der Waals surface area contributed by atoms with Crippen LogP contribution in [0.4, 0.5) is 0 Å². The Balaban J connectivity index is 1.27. The van der Waals surface area contributed by atoms with E-state index in [1.54, 1.807) is 6.92 Å². The van der Waals surface area contributed by atoms with Gasteiger partial charge in [0.25, 0.3) is 0 Å². The van der Waals surface area contributed by atoms with Crippen molar-refractivity contribution in [1.29, 1.82) is 0 Å². The molecule has 1 N–H and O–H groups in total. The fourth-order valence-corrected chi connectivity index (χ4v) is 7.29. The maximum absolute atomic E-state index is 12.0. The summed E-state index contributed by atoms with van der Waals surface area (Å²) in [6, 6.07) is 8.51. The summed E-state index contributed by atoms with van der Waals surface area (Å²) in [6.07, 6.45) is 5.06. The second-order valence-corrected chi connectivity index (χ2v) is 10.9. The van der Waals surface area contributed by atoms with Crippen LogP contribution >= 0.6 is 0 Å². The minimum Gasteiger partial charge on any atom is -0.492 e. The quantitative estimate of drug-likeness (QED) is 0.732. The van der Waals surface area contributed by atoms with E-state index in [1.165, 1.54) is 12.0 Å². The van der Waals surface area contributed by atoms with Crippen LogP contribution in [-0.4, -0.2) is 49.1 Å². The first-order valence-electron chi connectivity index (χ1n) is 12.2. The van der Waals surface area contributed by atoms with Gasteiger partial charge in [-0.05, 0) is 66.0 Å². The van der Waals surface area contributed by atoms with Gasteiger partial charge in [-0.2, -0.15) is 0 Å². The highest BCUT2D eigenvalue weighted by Crippen LogP contribution is 2.70. The van der Waals surface area contributed by atoms with Gasteiger partial charge in [0.2, 0.25) is 11.8 Å². The first-order valence-corrected chi connectivity index (χ1v) is 12.2. The number of fused-ring (bicyclic) bond motifs is 1. The Hall–Kier alpha value is -2.08. The van der Waals surface area contributed by atoms with E-state index in [0.29, 0.717) is 31.4 Å². The lowest BCUT2D eigenvalue weighted by Gasteiger charge is -2.53. The Bertz CT molecular complexity index is 882. The number of nitrogens with one attached hydrogen (secondary N) is 1. The lowest BCUT2D eigenvalue weighted by Crippen LogP contribution is -2.58. The van der Waals surface area contributed by atoms with Crippen LogP contribution < -0.4 is 10.1 Å². The number of nitrogens with zero attached hydrogens (tertiary/aromatic N) is 1. The molecule has 1 aromatic carbocycles. The summed E-state index contributed by atoms with van der Waals surface area (Å²) in [4.78, 5) is 25.7. The van der Waals surface area contributed by atoms with Crippen molar-refractivity contribution in [2.24, 2.45) is 22.7 Å². The van der Waals surface area contributed by atoms with Gasteiger partial charge in [-0.1, -0.05) is 26.0 Å². The molecular weight excluding hydrogens is 404 g/mol. The fraction of sp³-hybridized carbons (Fsp3) is 0.692. The molecule has 5 atom stereocenters. The molecule has 6 nitrogen and oxygen atoms in total. The Morgan fingerprint density at radius 2 is 2.06 bits per heavy atom. The van der Waals surface area contributed by atoms with E-state index in [4.69, 9.17) is 9.47 Å². The summed E-state index contributed by atoms with van der Waals surface area (Å²) in [7, 11) is 0. The molecule has 174 valence electrons. The third kappa shape index (κ3) is 3.51. The summed E-state index contributed by atoms with van der Waals surface area (Å²) < 4.78 is 12.2. The molecule has 5 rings (SSSR count). The average molecular weight is 441 g/mol. The lowest BCUT2D eigenvalue weighted by molar-refractivity contribution is -0.136. The minimum absolute atomic E-state index is 0.0670. The van der Waals surface area contributed by atoms with Gasteiger partial charge in [-0.25, -0.2) is 0 Å². The van der Waals surface area contributed by atoms with E-state index in [2.05, 4.69) is 31.3 Å². The van der Waals surface area contributed by atoms with Gasteiger partial charge in [0.15, 0.2) is 0 Å². The normalized spacial score (nSPS) is 35.1. The molecule has 4 aliphatic rings. The zero-order valence-electron chi connectivity index (χ0n) is 19.6. The van der Waals surface area contributed by atoms with Crippen molar-refractivity contribution in [2.75, 3.05) is 26.3 Å². The van der Waals surface area contributed by atoms with Gasteiger partial charge < -0.3 is 19.7 Å². The molecule has 2 saturated heterocycles. The smallest absolute Gasteiger partial charge is 0.222 e. The molecule has 0 aromatic heterocycles. The van der Waals surface area contributed by atoms with E-state index in [9.17, 15) is 9.59 Å². The van der Waals surface area contributed by atoms with Crippen LogP contribution in [0.5, 0.6) is 5.75 Å². The van der Waals surface area contributed by atoms with Crippen LogP contribution in [0, 0.1) is 22.7 Å². The number of carbonyl (C=O) groups excluding carboxylic acids is 2. The van der Waals surface area contributed by atoms with Crippen LogP contribution in [0.3, 0.4) is 0 Å². The summed E-state index contributed by atoms with van der Waals surface area (Å²) in [6.45, 7) is 9.06. The third-order valence-electron chi connectivity index (χ3n) is 8.86. The van der Waals surface area contributed by atoms with E-state index in [0.717, 1.165) is 38.2 Å². The maximum Gasteiger partial charge on any atom is 0.222 e. The predicted molar refractivity (Wildman–Crippen MR) is 121 cm³/mol. The van der Waals surface area contributed by atoms with E-state index in [-0.39, 0.29) is 34.8 Å². The number of rotatable bonds is 6. The molecule has 1 unspecified atom stereocenters. The first kappa shape index (κ1) is 21.7. The SMILES string of the molecule is CC(=O)N[C@@H]1C(C)(C)[C@@H]2C[C@@H]3[C@@H](c4ccc(OCCN5CCCC5=O)cc4)OCCC31C2. The van der Waals surface area contributed by atoms with Crippen LogP contribution in [0.1, 0.15) is 64.5 Å². The number of benzene rings is 1. The Morgan fingerprint density at radius 1 is 1.28 bits per heavy atom. The molecule has 2 saturated carbocycles. The molecule has 2 aliphatic carbocycles. The first-order chi connectivity index (χ1) is 15.3. The van der Waals surface area contributed by atoms with E-state index < -0.39 is 0 Å². The van der Waals surface area contributed by atoms with Crippen molar-refractivity contribution < 1.29 is 19.1 Å². The Labute approximate surface area is 191 Å². The molecule has 2 bridgehead atoms. The van der Waals surface area contributed by atoms with Crippen molar-refractivity contribution in [1.82, 2.24) is 10.2 Å². The highest BCUT2D eigenvalue weighted by Gasteiger charge is 2.68. The standard InChI is InChI=1S/C26H36N2O4/c1-17(29)27-24-25(2,3)19-15-21-23(32-13-10-26(21,24)16-19)18-6-8-20(9-7-18)31-14-12-28-11-4-5-22(28)30/h6-9,19,21,23-24H,4-5,10-16H2,1-3H3,(H,27,29)/t19-,21-,23-,24-,26?/m1/s1. The fourth-order valence-electron chi connectivity index (χ4n) is 7.29. The van der Waals surface area contributed by atoms with Gasteiger partial charge in [0.05, 0.1) is 12.6 Å². The molecule has 6 heteroatoms. The molecule has 4 fully saturated rings. The third-order valence-corrected chi connectivity index (χ3v) is 8.86. The average Bonchev–Trinajstić information content (AvgIpc) is 3.41. The van der Waals surface area contributed by atoms with Crippen molar-refractivity contribution in [2.45, 2.75) is 65.0 Å². The molecule has 0 radical (unpaired) electrons. The maximum atomic E-state index is 12.0. The van der Waals surface area contributed by atoms with Crippen molar-refractivity contribution in [3.05, 3.63) is 29.8 Å². The van der Waals surface area contributed by atoms with Crippen molar-refractivity contribution >= 4 is 11.8 Å². The number of hydrogen-bond donors (Lipinski definition) is 1. The summed E-state index contributed by atoms with van der Waals surface area (Å²) in [5, 5.41) is 3.34. The Morgan fingerprint density at radius 3 is 2.75 bits per heavy atom. The number of likely N-dealkylation sites (tertiary alicyclic amines) is 1. The monoisotopic (exact) mass is 440 g/mol. The van der Waals surface area contributed by atoms with Crippen LogP contribution in [0.15, 0.2) is 24.3 Å². The van der Waals surface area contributed by atoms with E-state index in [1.807, 2.05) is 17.0 Å². The Kier molecular flexibility index (Phi) is 5.47. The molecule has 2 heterocycles. The van der Waals surface area contributed by atoms with E-state index >= 15 is 0 Å². The van der Waals surface area contributed by atoms with Gasteiger partial charge in [-0.3, -0.25) is 9.59 Å². The number of ether oxygens (including phenoxy) is 2. The van der Waals surface area contributed by atoms with Crippen LogP contribution in [0.2, 0.25) is 0 Å². The van der Waals surface area contributed by atoms with Gasteiger partial charge >= 0.3 is 0 Å². The molecule has 32 heavy (non-hydrogen) atoms. The van der Waals surface area contributed by atoms with Gasteiger partial charge in [0.1, 0.15) is 12.4 Å². The molecule has 2 aliphatic heterocycles. The molecule has 1 aromatic rings. The predicted octanol–water partition coefficient (Wildman–Crippen LogP) is 3.71. The number of carbonyl (C=O) groups is 2. The highest BCUT2D eigenvalue weighted by molar-refractivity contribution is 5.78. The molecule has 2 amide bonds. The zero-order valence-corrected chi connectivity index (χ0v) is 19.6. The van der Waals surface area contributed by atoms with Crippen molar-refractivity contribution in [3.8, 4) is 5.75 Å². The summed E-state index contributed by atoms with van der Waals surface area (Å²) in [5.74, 6) is 2.18. The lowest BCUT2D eigenvalue weighted by atomic mass is 9.59. The second-order valence-electron chi connectivity index (χ2n) is 10.9. The molecular formula is C26H36N2O4. The van der Waals surface area contributed by atoms with Crippen LogP contribution in [-0.2, 0) is 14.3 Å². The number of amides is 2. The zero-order chi connectivity index (χ0) is 22.5. The van der Waals surface area contributed by atoms with Gasteiger partial charge in [0, 0.05) is 32.5 Å². The molecule has 1 spiro atoms. The highest BCUT2D eigenvalue weighted by atomic mass is 16.5. The minimum atomic E-state index is 0.0670. The largest absolute Gasteiger partial charge is 0.492 e.